The molecule has 0 spiro atoms. The third kappa shape index (κ3) is 10.5. The lowest BCUT2D eigenvalue weighted by molar-refractivity contribution is -0.529. The maximum Gasteiger partial charge on any atom is 0.412 e. The van der Waals surface area contributed by atoms with Crippen LogP contribution in [0.15, 0.2) is 42.0 Å². The normalized spacial score (nSPS) is 13.2. The van der Waals surface area contributed by atoms with E-state index in [0.717, 1.165) is 17.6 Å². The molecule has 0 saturated carbocycles. The molecule has 0 aliphatic heterocycles. The number of rotatable bonds is 10. The van der Waals surface area contributed by atoms with Crippen LogP contribution in [0.4, 0.5) is 4.79 Å². The van der Waals surface area contributed by atoms with Gasteiger partial charge in [-0.05, 0) is 31.7 Å². The molecule has 28 heavy (non-hydrogen) atoms. The van der Waals surface area contributed by atoms with Crippen LogP contribution in [-0.4, -0.2) is 49.2 Å². The second-order valence-electron chi connectivity index (χ2n) is 7.42. The van der Waals surface area contributed by atoms with Crippen LogP contribution in [0.25, 0.3) is 0 Å². The maximum absolute atomic E-state index is 12.0. The van der Waals surface area contributed by atoms with Crippen LogP contribution in [0, 0.1) is 5.92 Å². The Morgan fingerprint density at radius 2 is 1.86 bits per heavy atom. The third-order valence-corrected chi connectivity index (χ3v) is 3.98. The number of allylic oxidation sites excluding steroid dienone is 1. The standard InChI is InChI=1S/C22H33N3O3/c1-6-19(13-21(26)23-14-17(2)3)15-25(5)16-28-22(27)24-18(4)12-20-10-8-7-9-11-20/h6-11,15,17-18H,12-14,16H2,1-5H3,(H-,23,24,26,27)/p+1/b19-6-,25-15+/t18-/m0/s1. The average Bonchev–Trinajstić information content (AvgIpc) is 2.64. The van der Waals surface area contributed by atoms with Gasteiger partial charge in [0.1, 0.15) is 7.05 Å². The molecule has 0 saturated heterocycles. The second-order valence-corrected chi connectivity index (χ2v) is 7.42. The molecule has 0 heterocycles. The molecule has 1 aromatic carbocycles. The van der Waals surface area contributed by atoms with E-state index in [0.29, 0.717) is 18.9 Å². The molecule has 6 nitrogen and oxygen atoms in total. The average molecular weight is 389 g/mol. The Morgan fingerprint density at radius 3 is 2.46 bits per heavy atom. The molecule has 0 radical (unpaired) electrons. The fraction of sp³-hybridized carbons (Fsp3) is 0.500. The van der Waals surface area contributed by atoms with Crippen molar-refractivity contribution in [1.29, 1.82) is 0 Å². The molecular formula is C22H34N3O3+. The molecule has 0 unspecified atom stereocenters. The number of benzene rings is 1. The van der Waals surface area contributed by atoms with E-state index in [9.17, 15) is 9.59 Å². The number of nitrogens with zero attached hydrogens (tertiary/aromatic N) is 1. The molecule has 0 aliphatic carbocycles. The fourth-order valence-electron chi connectivity index (χ4n) is 2.53. The van der Waals surface area contributed by atoms with Crippen molar-refractivity contribution >= 4 is 18.2 Å². The topological polar surface area (TPSA) is 70.4 Å². The predicted octanol–water partition coefficient (Wildman–Crippen LogP) is 3.12. The first kappa shape index (κ1) is 23.4. The molecule has 1 rings (SSSR count). The fourth-order valence-corrected chi connectivity index (χ4v) is 2.53. The Kier molecular flexibility index (Phi) is 10.6. The molecule has 0 bridgehead atoms. The highest BCUT2D eigenvalue weighted by Gasteiger charge is 2.12. The van der Waals surface area contributed by atoms with E-state index >= 15 is 0 Å². The number of hydrogen-bond donors (Lipinski definition) is 2. The minimum Gasteiger partial charge on any atom is -0.389 e. The molecule has 0 fully saturated rings. The summed E-state index contributed by atoms with van der Waals surface area (Å²) < 4.78 is 7.00. The molecule has 2 N–H and O–H groups in total. The van der Waals surface area contributed by atoms with Crippen LogP contribution in [0.5, 0.6) is 0 Å². The first-order chi connectivity index (χ1) is 13.3. The SMILES string of the molecule is C/C=C(\C=[N+](/C)COC(=O)N[C@@H](C)Cc1ccccc1)CC(=O)NCC(C)C. The summed E-state index contributed by atoms with van der Waals surface area (Å²) >= 11 is 0. The first-order valence-corrected chi connectivity index (χ1v) is 9.74. The molecule has 1 aromatic rings. The lowest BCUT2D eigenvalue weighted by Gasteiger charge is -2.13. The van der Waals surface area contributed by atoms with Crippen molar-refractivity contribution in [2.45, 2.75) is 46.6 Å². The minimum absolute atomic E-state index is 0.0140. The monoisotopic (exact) mass is 388 g/mol. The summed E-state index contributed by atoms with van der Waals surface area (Å²) in [5.41, 5.74) is 2.03. The number of amides is 2. The van der Waals surface area contributed by atoms with Gasteiger partial charge in [0, 0.05) is 18.2 Å². The number of alkyl carbamates (subject to hydrolysis) is 1. The molecule has 0 aromatic heterocycles. The number of hydrogen-bond acceptors (Lipinski definition) is 3. The van der Waals surface area contributed by atoms with Gasteiger partial charge in [-0.2, -0.15) is 0 Å². The quantitative estimate of drug-likeness (QED) is 0.368. The lowest BCUT2D eigenvalue weighted by atomic mass is 10.1. The van der Waals surface area contributed by atoms with Crippen LogP contribution in [0.3, 0.4) is 0 Å². The van der Waals surface area contributed by atoms with E-state index < -0.39 is 6.09 Å². The molecule has 0 aliphatic rings. The van der Waals surface area contributed by atoms with Crippen molar-refractivity contribution in [2.24, 2.45) is 5.92 Å². The number of carbonyl (C=O) groups is 2. The highest BCUT2D eigenvalue weighted by atomic mass is 16.6. The van der Waals surface area contributed by atoms with Crippen LogP contribution < -0.4 is 10.6 Å². The van der Waals surface area contributed by atoms with Gasteiger partial charge in [-0.25, -0.2) is 9.37 Å². The van der Waals surface area contributed by atoms with E-state index in [1.807, 2.05) is 56.5 Å². The second kappa shape index (κ2) is 12.7. The smallest absolute Gasteiger partial charge is 0.389 e. The predicted molar refractivity (Wildman–Crippen MR) is 113 cm³/mol. The molecule has 154 valence electrons. The van der Waals surface area contributed by atoms with Crippen molar-refractivity contribution in [3.05, 3.63) is 47.5 Å². The van der Waals surface area contributed by atoms with Crippen molar-refractivity contribution in [2.75, 3.05) is 20.3 Å². The van der Waals surface area contributed by atoms with Crippen molar-refractivity contribution in [3.8, 4) is 0 Å². The van der Waals surface area contributed by atoms with Gasteiger partial charge in [-0.1, -0.05) is 50.3 Å². The summed E-state index contributed by atoms with van der Waals surface area (Å²) in [5.74, 6) is 0.403. The number of carbonyl (C=O) groups excluding carboxylic acids is 2. The van der Waals surface area contributed by atoms with E-state index in [1.54, 1.807) is 11.6 Å². The zero-order chi connectivity index (χ0) is 20.9. The highest BCUT2D eigenvalue weighted by Crippen LogP contribution is 2.03. The lowest BCUT2D eigenvalue weighted by Crippen LogP contribution is -2.35. The van der Waals surface area contributed by atoms with Crippen molar-refractivity contribution in [3.63, 3.8) is 0 Å². The van der Waals surface area contributed by atoms with E-state index in [2.05, 4.69) is 24.5 Å². The molecule has 1 atom stereocenters. The number of nitrogens with one attached hydrogen (secondary N) is 2. The Balaban J connectivity index is 2.40. The summed E-state index contributed by atoms with van der Waals surface area (Å²) in [6.45, 7) is 8.71. The summed E-state index contributed by atoms with van der Waals surface area (Å²) in [6, 6.07) is 9.96. The highest BCUT2D eigenvalue weighted by molar-refractivity contribution is 5.87. The van der Waals surface area contributed by atoms with Gasteiger partial charge in [0.2, 0.25) is 5.91 Å². The Labute approximate surface area is 168 Å². The van der Waals surface area contributed by atoms with Crippen molar-refractivity contribution in [1.82, 2.24) is 10.6 Å². The maximum atomic E-state index is 12.0. The summed E-state index contributed by atoms with van der Waals surface area (Å²) in [6.07, 6.45) is 4.28. The van der Waals surface area contributed by atoms with E-state index in [4.69, 9.17) is 4.74 Å². The van der Waals surface area contributed by atoms with Crippen LogP contribution >= 0.6 is 0 Å². The first-order valence-electron chi connectivity index (χ1n) is 9.74. The van der Waals surface area contributed by atoms with E-state index in [1.165, 1.54) is 0 Å². The zero-order valence-electron chi connectivity index (χ0n) is 17.7. The summed E-state index contributed by atoms with van der Waals surface area (Å²) in [4.78, 5) is 23.9. The van der Waals surface area contributed by atoms with Crippen LogP contribution in [0.1, 0.15) is 39.7 Å². The van der Waals surface area contributed by atoms with Crippen LogP contribution in [0.2, 0.25) is 0 Å². The van der Waals surface area contributed by atoms with Gasteiger partial charge in [-0.15, -0.1) is 0 Å². The molecule has 6 heteroatoms. The van der Waals surface area contributed by atoms with Gasteiger partial charge in [-0.3, -0.25) is 4.79 Å². The van der Waals surface area contributed by atoms with Gasteiger partial charge in [0.15, 0.2) is 6.21 Å². The van der Waals surface area contributed by atoms with E-state index in [-0.39, 0.29) is 18.7 Å². The Bertz CT molecular complexity index is 682. The van der Waals surface area contributed by atoms with Gasteiger partial charge in [0.25, 0.3) is 6.73 Å². The zero-order valence-corrected chi connectivity index (χ0v) is 17.7. The largest absolute Gasteiger partial charge is 0.412 e. The minimum atomic E-state index is -0.458. The van der Waals surface area contributed by atoms with Gasteiger partial charge < -0.3 is 15.4 Å². The third-order valence-electron chi connectivity index (χ3n) is 3.98. The molecule has 2 amide bonds. The summed E-state index contributed by atoms with van der Waals surface area (Å²) in [5, 5.41) is 5.73. The number of ether oxygens (including phenoxy) is 1. The Hall–Kier alpha value is -2.63. The Morgan fingerprint density at radius 1 is 1.18 bits per heavy atom. The summed E-state index contributed by atoms with van der Waals surface area (Å²) in [7, 11) is 1.80. The van der Waals surface area contributed by atoms with Crippen molar-refractivity contribution < 1.29 is 18.9 Å². The van der Waals surface area contributed by atoms with Crippen LogP contribution in [-0.2, 0) is 16.0 Å². The molecular weight excluding hydrogens is 354 g/mol. The van der Waals surface area contributed by atoms with Gasteiger partial charge in [0.05, 0.1) is 6.42 Å². The van der Waals surface area contributed by atoms with Gasteiger partial charge >= 0.3 is 6.09 Å².